The summed E-state index contributed by atoms with van der Waals surface area (Å²) in [5, 5.41) is 5.36. The van der Waals surface area contributed by atoms with E-state index in [9.17, 15) is 18.0 Å². The molecule has 6 nitrogen and oxygen atoms in total. The van der Waals surface area contributed by atoms with E-state index in [0.29, 0.717) is 16.7 Å². The molecule has 2 aliphatic heterocycles. The molecule has 2 aliphatic rings. The number of amides is 1. The van der Waals surface area contributed by atoms with Crippen LogP contribution in [-0.2, 0) is 17.5 Å². The van der Waals surface area contributed by atoms with Crippen LogP contribution >= 0.6 is 11.3 Å². The maximum absolute atomic E-state index is 13.0. The summed E-state index contributed by atoms with van der Waals surface area (Å²) in [6.07, 6.45) is 1.34. The second-order valence-corrected chi connectivity index (χ2v) is 9.89. The Kier molecular flexibility index (Phi) is 6.84. The number of benzene rings is 1. The van der Waals surface area contributed by atoms with Gasteiger partial charge in [0.15, 0.2) is 5.13 Å². The second kappa shape index (κ2) is 10.0. The number of thiazole rings is 1. The van der Waals surface area contributed by atoms with E-state index in [-0.39, 0.29) is 11.9 Å². The van der Waals surface area contributed by atoms with Crippen LogP contribution in [0.3, 0.4) is 0 Å². The minimum absolute atomic E-state index is 0.0361. The number of nitrogens with zero attached hydrogens (tertiary/aromatic N) is 3. The zero-order chi connectivity index (χ0) is 24.4. The van der Waals surface area contributed by atoms with E-state index in [1.165, 1.54) is 23.5 Å². The molecule has 10 heteroatoms. The number of hydrogen-bond donors (Lipinski definition) is 1. The molecule has 2 aromatic heterocycles. The molecule has 2 fully saturated rings. The molecule has 1 aromatic carbocycles. The van der Waals surface area contributed by atoms with Crippen molar-refractivity contribution < 1.29 is 22.7 Å². The number of alkyl halides is 3. The Morgan fingerprint density at radius 2 is 1.91 bits per heavy atom. The van der Waals surface area contributed by atoms with Gasteiger partial charge in [0.2, 0.25) is 0 Å². The van der Waals surface area contributed by atoms with Crippen LogP contribution in [0.25, 0.3) is 0 Å². The molecule has 5 rings (SSSR count). The molecule has 1 N–H and O–H groups in total. The van der Waals surface area contributed by atoms with Gasteiger partial charge in [-0.3, -0.25) is 10.1 Å². The van der Waals surface area contributed by atoms with Gasteiger partial charge in [0.05, 0.1) is 17.3 Å². The van der Waals surface area contributed by atoms with Gasteiger partial charge in [-0.2, -0.15) is 13.2 Å². The minimum Gasteiger partial charge on any atom is -0.381 e. The van der Waals surface area contributed by atoms with E-state index in [1.54, 1.807) is 0 Å². The van der Waals surface area contributed by atoms with E-state index < -0.39 is 11.7 Å². The summed E-state index contributed by atoms with van der Waals surface area (Å²) in [4.78, 5) is 19.7. The van der Waals surface area contributed by atoms with Crippen LogP contribution in [0.4, 0.5) is 24.0 Å². The maximum Gasteiger partial charge on any atom is 0.416 e. The third-order valence-electron chi connectivity index (χ3n) is 6.72. The molecule has 1 amide bonds. The molecule has 2 saturated heterocycles. The van der Waals surface area contributed by atoms with Crippen molar-refractivity contribution in [2.75, 3.05) is 30.0 Å². The molecule has 0 saturated carbocycles. The van der Waals surface area contributed by atoms with Crippen molar-refractivity contribution in [1.29, 1.82) is 0 Å². The van der Waals surface area contributed by atoms with Crippen molar-refractivity contribution in [3.05, 3.63) is 64.9 Å². The van der Waals surface area contributed by atoms with Gasteiger partial charge in [0, 0.05) is 43.6 Å². The summed E-state index contributed by atoms with van der Waals surface area (Å²) in [5.74, 6) is 0.293. The number of aromatic nitrogens is 2. The lowest BCUT2D eigenvalue weighted by Gasteiger charge is -2.26. The average Bonchev–Trinajstić information content (AvgIpc) is 3.60. The zero-order valence-electron chi connectivity index (χ0n) is 19.1. The van der Waals surface area contributed by atoms with Gasteiger partial charge in [0.25, 0.3) is 5.91 Å². The second-order valence-electron chi connectivity index (χ2n) is 9.03. The van der Waals surface area contributed by atoms with Crippen molar-refractivity contribution in [2.45, 2.75) is 44.4 Å². The van der Waals surface area contributed by atoms with Crippen LogP contribution in [0.5, 0.6) is 0 Å². The summed E-state index contributed by atoms with van der Waals surface area (Å²) in [7, 11) is 0. The highest BCUT2D eigenvalue weighted by molar-refractivity contribution is 7.14. The Bertz CT molecular complexity index is 1150. The van der Waals surface area contributed by atoms with Crippen molar-refractivity contribution >= 4 is 28.1 Å². The van der Waals surface area contributed by atoms with Gasteiger partial charge < -0.3 is 14.2 Å². The Morgan fingerprint density at radius 1 is 1.14 bits per heavy atom. The van der Waals surface area contributed by atoms with E-state index in [0.717, 1.165) is 75.5 Å². The predicted molar refractivity (Wildman–Crippen MR) is 129 cm³/mol. The number of hydrogen-bond acceptors (Lipinski definition) is 5. The van der Waals surface area contributed by atoms with Crippen LogP contribution < -0.4 is 10.2 Å². The third kappa shape index (κ3) is 5.38. The summed E-state index contributed by atoms with van der Waals surface area (Å²) < 4.78 is 46.2. The molecular weight excluding hydrogens is 477 g/mol. The molecule has 4 heterocycles. The lowest BCUT2D eigenvalue weighted by Crippen LogP contribution is -2.24. The maximum atomic E-state index is 13.0. The van der Waals surface area contributed by atoms with Crippen molar-refractivity contribution in [3.8, 4) is 0 Å². The van der Waals surface area contributed by atoms with E-state index in [1.807, 2.05) is 28.3 Å². The third-order valence-corrected chi connectivity index (χ3v) is 7.50. The minimum atomic E-state index is -4.35. The van der Waals surface area contributed by atoms with Gasteiger partial charge in [0.1, 0.15) is 5.69 Å². The van der Waals surface area contributed by atoms with Crippen molar-refractivity contribution in [2.24, 2.45) is 5.92 Å². The largest absolute Gasteiger partial charge is 0.416 e. The molecule has 1 atom stereocenters. The number of carbonyl (C=O) groups is 1. The first kappa shape index (κ1) is 23.9. The summed E-state index contributed by atoms with van der Waals surface area (Å²) >= 11 is 1.36. The highest BCUT2D eigenvalue weighted by atomic mass is 32.1. The lowest BCUT2D eigenvalue weighted by atomic mass is 10.0. The number of rotatable bonds is 6. The quantitative estimate of drug-likeness (QED) is 0.449. The normalized spacial score (nSPS) is 19.3. The fourth-order valence-corrected chi connectivity index (χ4v) is 5.62. The number of ether oxygens (including phenoxy) is 1. The molecule has 0 spiro atoms. The average molecular weight is 505 g/mol. The Hall–Kier alpha value is -2.85. The van der Waals surface area contributed by atoms with Gasteiger partial charge in [-0.05, 0) is 68.0 Å². The molecule has 0 aliphatic carbocycles. The topological polar surface area (TPSA) is 59.4 Å². The first-order valence-corrected chi connectivity index (χ1v) is 12.7. The number of halogens is 3. The highest BCUT2D eigenvalue weighted by Crippen LogP contribution is 2.38. The smallest absolute Gasteiger partial charge is 0.381 e. The first-order valence-electron chi connectivity index (χ1n) is 11.8. The fourth-order valence-electron chi connectivity index (χ4n) is 4.87. The van der Waals surface area contributed by atoms with Crippen LogP contribution in [0.1, 0.15) is 53.5 Å². The Balaban J connectivity index is 1.25. The molecule has 0 unspecified atom stereocenters. The fraction of sp³-hybridized carbons (Fsp3) is 0.440. The van der Waals surface area contributed by atoms with Crippen LogP contribution in [0, 0.1) is 5.92 Å². The van der Waals surface area contributed by atoms with Gasteiger partial charge in [-0.25, -0.2) is 4.98 Å². The Labute approximate surface area is 205 Å². The van der Waals surface area contributed by atoms with Gasteiger partial charge in [-0.15, -0.1) is 11.3 Å². The first-order chi connectivity index (χ1) is 16.9. The molecule has 0 bridgehead atoms. The molecule has 35 heavy (non-hydrogen) atoms. The SMILES string of the molecule is O=C(Nc1nc([C@H]2CCCN2c2ccc(C(F)(F)F)cc2)cs1)c1cccn1CC1CCOCC1. The molecular formula is C25H27F3N4O2S. The molecule has 0 radical (unpaired) electrons. The number of nitrogens with one attached hydrogen (secondary N) is 1. The van der Waals surface area contributed by atoms with Crippen LogP contribution in [-0.4, -0.2) is 35.2 Å². The van der Waals surface area contributed by atoms with Crippen molar-refractivity contribution in [1.82, 2.24) is 9.55 Å². The summed E-state index contributed by atoms with van der Waals surface area (Å²) in [6, 6.07) is 8.92. The monoisotopic (exact) mass is 504 g/mol. The Morgan fingerprint density at radius 3 is 2.66 bits per heavy atom. The van der Waals surface area contributed by atoms with Gasteiger partial charge in [-0.1, -0.05) is 0 Å². The summed E-state index contributed by atoms with van der Waals surface area (Å²) in [5.41, 5.74) is 1.50. The molecule has 186 valence electrons. The lowest BCUT2D eigenvalue weighted by molar-refractivity contribution is -0.137. The summed E-state index contributed by atoms with van der Waals surface area (Å²) in [6.45, 7) is 3.06. The highest BCUT2D eigenvalue weighted by Gasteiger charge is 2.32. The van der Waals surface area contributed by atoms with E-state index >= 15 is 0 Å². The number of anilines is 2. The zero-order valence-corrected chi connectivity index (χ0v) is 19.9. The number of carbonyl (C=O) groups excluding carboxylic acids is 1. The van der Waals surface area contributed by atoms with Gasteiger partial charge >= 0.3 is 6.18 Å². The van der Waals surface area contributed by atoms with Crippen LogP contribution in [0.2, 0.25) is 0 Å². The standard InChI is InChI=1S/C25H27F3N4O2S/c26-25(27,28)18-5-7-19(8-6-18)32-12-2-3-21(32)20-16-35-24(29-20)30-23(33)22-4-1-11-31(22)15-17-9-13-34-14-10-17/h1,4-8,11,16-17,21H,2-3,9-10,12-15H2,(H,29,30,33)/t21-/m1/s1. The van der Waals surface area contributed by atoms with Crippen LogP contribution in [0.15, 0.2) is 48.0 Å². The molecule has 3 aromatic rings. The predicted octanol–water partition coefficient (Wildman–Crippen LogP) is 5.98. The van der Waals surface area contributed by atoms with E-state index in [2.05, 4.69) is 15.2 Å². The van der Waals surface area contributed by atoms with Crippen molar-refractivity contribution in [3.63, 3.8) is 0 Å². The van der Waals surface area contributed by atoms with E-state index in [4.69, 9.17) is 4.74 Å².